The van der Waals surface area contributed by atoms with Crippen molar-refractivity contribution < 1.29 is 4.74 Å². The minimum Gasteiger partial charge on any atom is -0.351 e. The van der Waals surface area contributed by atoms with Crippen LogP contribution in [0.5, 0.6) is 0 Å². The van der Waals surface area contributed by atoms with Gasteiger partial charge in [-0.25, -0.2) is 0 Å². The van der Waals surface area contributed by atoms with Gasteiger partial charge in [0, 0.05) is 0 Å². The molecule has 0 atom stereocenters. The first kappa shape index (κ1) is 10.9. The molecule has 0 heterocycles. The molecule has 0 saturated carbocycles. The van der Waals surface area contributed by atoms with Crippen LogP contribution < -0.4 is 5.32 Å². The Labute approximate surface area is 69.7 Å². The molecule has 0 bridgehead atoms. The van der Waals surface area contributed by atoms with Crippen LogP contribution in [0.3, 0.4) is 0 Å². The number of nitrogens with zero attached hydrogens (tertiary/aromatic N) is 1. The van der Waals surface area contributed by atoms with Crippen molar-refractivity contribution >= 4 is 0 Å². The topological polar surface area (TPSA) is 24.5 Å². The predicted molar refractivity (Wildman–Crippen MR) is 47.4 cm³/mol. The SMILES string of the molecule is CCCN(C)COCNCC. The molecule has 0 aromatic carbocycles. The van der Waals surface area contributed by atoms with Crippen LogP contribution in [0.25, 0.3) is 0 Å². The first-order valence-corrected chi connectivity index (χ1v) is 4.28. The van der Waals surface area contributed by atoms with Crippen molar-refractivity contribution in [1.82, 2.24) is 10.2 Å². The molecule has 0 saturated heterocycles. The Balaban J connectivity index is 2.97. The highest BCUT2D eigenvalue weighted by Gasteiger charge is 1.93. The van der Waals surface area contributed by atoms with Gasteiger partial charge >= 0.3 is 0 Å². The highest BCUT2D eigenvalue weighted by Crippen LogP contribution is 1.85. The van der Waals surface area contributed by atoms with E-state index < -0.39 is 0 Å². The third-order valence-electron chi connectivity index (χ3n) is 1.37. The maximum Gasteiger partial charge on any atom is 0.101 e. The number of hydrogen-bond donors (Lipinski definition) is 1. The summed E-state index contributed by atoms with van der Waals surface area (Å²) in [5.74, 6) is 0. The maximum absolute atomic E-state index is 5.30. The molecule has 0 aliphatic heterocycles. The van der Waals surface area contributed by atoms with Gasteiger partial charge in [-0.3, -0.25) is 10.2 Å². The molecule has 3 heteroatoms. The Morgan fingerprint density at radius 3 is 2.64 bits per heavy atom. The number of hydrogen-bond acceptors (Lipinski definition) is 3. The Hall–Kier alpha value is -0.120. The average Bonchev–Trinajstić information content (AvgIpc) is 1.99. The summed E-state index contributed by atoms with van der Waals surface area (Å²) in [6, 6.07) is 0. The lowest BCUT2D eigenvalue weighted by Gasteiger charge is -2.15. The van der Waals surface area contributed by atoms with E-state index in [-0.39, 0.29) is 0 Å². The smallest absolute Gasteiger partial charge is 0.101 e. The van der Waals surface area contributed by atoms with Crippen LogP contribution in [0.15, 0.2) is 0 Å². The minimum absolute atomic E-state index is 0.657. The quantitative estimate of drug-likeness (QED) is 0.442. The lowest BCUT2D eigenvalue weighted by molar-refractivity contribution is 0.0334. The lowest BCUT2D eigenvalue weighted by Crippen LogP contribution is -2.26. The van der Waals surface area contributed by atoms with Gasteiger partial charge in [0.2, 0.25) is 0 Å². The third-order valence-corrected chi connectivity index (χ3v) is 1.37. The Morgan fingerprint density at radius 2 is 2.09 bits per heavy atom. The van der Waals surface area contributed by atoms with Crippen molar-refractivity contribution in [3.8, 4) is 0 Å². The molecule has 68 valence electrons. The summed E-state index contributed by atoms with van der Waals surface area (Å²) < 4.78 is 5.30. The van der Waals surface area contributed by atoms with Crippen LogP contribution in [0.2, 0.25) is 0 Å². The third kappa shape index (κ3) is 7.78. The fourth-order valence-corrected chi connectivity index (χ4v) is 0.822. The summed E-state index contributed by atoms with van der Waals surface area (Å²) in [6.07, 6.45) is 1.18. The van der Waals surface area contributed by atoms with E-state index in [1.165, 1.54) is 6.42 Å². The Kier molecular flexibility index (Phi) is 7.89. The normalized spacial score (nSPS) is 10.9. The molecule has 0 spiro atoms. The lowest BCUT2D eigenvalue weighted by atomic mass is 10.5. The fourth-order valence-electron chi connectivity index (χ4n) is 0.822. The second-order valence-corrected chi connectivity index (χ2v) is 2.66. The van der Waals surface area contributed by atoms with Crippen LogP contribution in [0, 0.1) is 0 Å². The van der Waals surface area contributed by atoms with E-state index in [1.807, 2.05) is 0 Å². The summed E-state index contributed by atoms with van der Waals surface area (Å²) in [5, 5.41) is 3.10. The summed E-state index contributed by atoms with van der Waals surface area (Å²) in [5.41, 5.74) is 0. The molecule has 3 nitrogen and oxygen atoms in total. The van der Waals surface area contributed by atoms with E-state index in [2.05, 4.69) is 31.1 Å². The Bertz CT molecular complexity index is 78.5. The molecule has 0 fully saturated rings. The van der Waals surface area contributed by atoms with Crippen molar-refractivity contribution in [3.05, 3.63) is 0 Å². The van der Waals surface area contributed by atoms with Crippen LogP contribution >= 0.6 is 0 Å². The minimum atomic E-state index is 0.657. The molecule has 0 aliphatic rings. The van der Waals surface area contributed by atoms with E-state index in [1.54, 1.807) is 0 Å². The molecular formula is C8H20N2O. The van der Waals surface area contributed by atoms with Gasteiger partial charge in [0.15, 0.2) is 0 Å². The van der Waals surface area contributed by atoms with Crippen molar-refractivity contribution in [2.45, 2.75) is 20.3 Å². The van der Waals surface area contributed by atoms with Gasteiger partial charge in [-0.1, -0.05) is 13.8 Å². The summed E-state index contributed by atoms with van der Waals surface area (Å²) in [6.45, 7) is 7.69. The van der Waals surface area contributed by atoms with Crippen LogP contribution in [-0.2, 0) is 4.74 Å². The highest BCUT2D eigenvalue weighted by atomic mass is 16.5. The molecular weight excluding hydrogens is 140 g/mol. The van der Waals surface area contributed by atoms with Crippen molar-refractivity contribution in [3.63, 3.8) is 0 Å². The van der Waals surface area contributed by atoms with Crippen LogP contribution in [-0.4, -0.2) is 38.5 Å². The van der Waals surface area contributed by atoms with Gasteiger partial charge in [0.05, 0.1) is 6.73 Å². The van der Waals surface area contributed by atoms with Gasteiger partial charge in [-0.05, 0) is 26.6 Å². The monoisotopic (exact) mass is 160 g/mol. The first-order chi connectivity index (χ1) is 5.31. The standard InChI is InChI=1S/C8H20N2O/c1-4-6-10(3)8-11-7-9-5-2/h9H,4-8H2,1-3H3. The maximum atomic E-state index is 5.30. The first-order valence-electron chi connectivity index (χ1n) is 4.28. The molecule has 11 heavy (non-hydrogen) atoms. The molecule has 0 aromatic heterocycles. The van der Waals surface area contributed by atoms with Crippen molar-refractivity contribution in [1.29, 1.82) is 0 Å². The van der Waals surface area contributed by atoms with E-state index >= 15 is 0 Å². The largest absolute Gasteiger partial charge is 0.351 e. The molecule has 0 unspecified atom stereocenters. The Morgan fingerprint density at radius 1 is 1.36 bits per heavy atom. The van der Waals surface area contributed by atoms with Gasteiger partial charge in [0.25, 0.3) is 0 Å². The van der Waals surface area contributed by atoms with Crippen LogP contribution in [0.1, 0.15) is 20.3 Å². The van der Waals surface area contributed by atoms with E-state index in [9.17, 15) is 0 Å². The van der Waals surface area contributed by atoms with Crippen molar-refractivity contribution in [2.75, 3.05) is 33.6 Å². The van der Waals surface area contributed by atoms with Gasteiger partial charge < -0.3 is 4.74 Å². The zero-order valence-electron chi connectivity index (χ0n) is 7.89. The molecule has 0 amide bonds. The summed E-state index contributed by atoms with van der Waals surface area (Å²) in [4.78, 5) is 2.16. The van der Waals surface area contributed by atoms with E-state index in [0.29, 0.717) is 6.73 Å². The number of nitrogens with one attached hydrogen (secondary N) is 1. The number of rotatable bonds is 7. The predicted octanol–water partition coefficient (Wildman–Crippen LogP) is 0.869. The second kappa shape index (κ2) is 7.98. The second-order valence-electron chi connectivity index (χ2n) is 2.66. The summed E-state index contributed by atoms with van der Waals surface area (Å²) >= 11 is 0. The van der Waals surface area contributed by atoms with E-state index in [4.69, 9.17) is 4.74 Å². The van der Waals surface area contributed by atoms with E-state index in [0.717, 1.165) is 19.8 Å². The molecule has 0 aliphatic carbocycles. The zero-order valence-corrected chi connectivity index (χ0v) is 7.89. The summed E-state index contributed by atoms with van der Waals surface area (Å²) in [7, 11) is 2.06. The molecule has 0 radical (unpaired) electrons. The van der Waals surface area contributed by atoms with Gasteiger partial charge in [-0.2, -0.15) is 0 Å². The van der Waals surface area contributed by atoms with Crippen molar-refractivity contribution in [2.24, 2.45) is 0 Å². The van der Waals surface area contributed by atoms with Crippen LogP contribution in [0.4, 0.5) is 0 Å². The van der Waals surface area contributed by atoms with Gasteiger partial charge in [-0.15, -0.1) is 0 Å². The molecule has 0 rings (SSSR count). The fraction of sp³-hybridized carbons (Fsp3) is 1.00. The van der Waals surface area contributed by atoms with Gasteiger partial charge in [0.1, 0.15) is 6.73 Å². The highest BCUT2D eigenvalue weighted by molar-refractivity contribution is 4.40. The molecule has 1 N–H and O–H groups in total. The molecule has 0 aromatic rings. The zero-order chi connectivity index (χ0) is 8.53. The average molecular weight is 160 g/mol. The number of ether oxygens (including phenoxy) is 1.